The molecule has 0 heterocycles. The second kappa shape index (κ2) is 6.02. The molecule has 0 unspecified atom stereocenters. The van der Waals surface area contributed by atoms with Gasteiger partial charge in [-0.1, -0.05) is 38.1 Å². The first-order valence-corrected chi connectivity index (χ1v) is 6.39. The van der Waals surface area contributed by atoms with E-state index >= 15 is 0 Å². The van der Waals surface area contributed by atoms with E-state index < -0.39 is 6.10 Å². The second-order valence-corrected chi connectivity index (χ2v) is 5.07. The lowest BCUT2D eigenvalue weighted by Crippen LogP contribution is -2.26. The van der Waals surface area contributed by atoms with Crippen molar-refractivity contribution in [2.75, 3.05) is 7.11 Å². The van der Waals surface area contributed by atoms with Gasteiger partial charge in [-0.25, -0.2) is 4.79 Å². The highest BCUT2D eigenvalue weighted by atomic mass is 16.5. The van der Waals surface area contributed by atoms with Crippen LogP contribution in [-0.2, 0) is 4.74 Å². The molecule has 19 heavy (non-hydrogen) atoms. The van der Waals surface area contributed by atoms with E-state index in [9.17, 15) is 9.90 Å². The number of carbonyl (C=O) groups excluding carboxylic acids is 1. The molecule has 0 aliphatic heterocycles. The minimum Gasteiger partial charge on any atom is -0.465 e. The number of ether oxygens (including phenoxy) is 1. The SMILES string of the molecule is C=C(C)[C@@](C)(CC)[C@H](O)c1ccc(C(=O)OC)cc1. The molecule has 0 spiro atoms. The van der Waals surface area contributed by atoms with E-state index in [2.05, 4.69) is 11.3 Å². The maximum Gasteiger partial charge on any atom is 0.337 e. The first-order chi connectivity index (χ1) is 8.86. The summed E-state index contributed by atoms with van der Waals surface area (Å²) in [4.78, 5) is 11.4. The summed E-state index contributed by atoms with van der Waals surface area (Å²) in [5, 5.41) is 10.5. The molecular weight excluding hydrogens is 240 g/mol. The molecule has 1 aromatic rings. The molecule has 0 fully saturated rings. The van der Waals surface area contributed by atoms with Gasteiger partial charge in [0.15, 0.2) is 0 Å². The lowest BCUT2D eigenvalue weighted by atomic mass is 9.73. The van der Waals surface area contributed by atoms with E-state index in [1.807, 2.05) is 20.8 Å². The van der Waals surface area contributed by atoms with Gasteiger partial charge >= 0.3 is 5.97 Å². The lowest BCUT2D eigenvalue weighted by Gasteiger charge is -2.34. The third-order valence-corrected chi connectivity index (χ3v) is 3.96. The van der Waals surface area contributed by atoms with E-state index in [1.54, 1.807) is 24.3 Å². The molecule has 104 valence electrons. The second-order valence-electron chi connectivity index (χ2n) is 5.07. The van der Waals surface area contributed by atoms with Gasteiger partial charge in [-0.3, -0.25) is 0 Å². The number of benzene rings is 1. The normalized spacial score (nSPS) is 15.4. The standard InChI is InChI=1S/C16H22O3/c1-6-16(4,11(2)3)14(17)12-7-9-13(10-8-12)15(18)19-5/h7-10,14,17H,2,6H2,1,3-5H3/t14-,16-/m1/s1. The Balaban J connectivity index is 3.04. The van der Waals surface area contributed by atoms with Gasteiger partial charge in [-0.15, -0.1) is 0 Å². The molecule has 1 rings (SSSR count). The van der Waals surface area contributed by atoms with Crippen LogP contribution < -0.4 is 0 Å². The first-order valence-electron chi connectivity index (χ1n) is 6.39. The minimum absolute atomic E-state index is 0.368. The van der Waals surface area contributed by atoms with Crippen molar-refractivity contribution in [1.29, 1.82) is 0 Å². The largest absolute Gasteiger partial charge is 0.465 e. The number of methoxy groups -OCH3 is 1. The molecule has 1 aromatic carbocycles. The fourth-order valence-electron chi connectivity index (χ4n) is 2.02. The lowest BCUT2D eigenvalue weighted by molar-refractivity contribution is 0.0581. The minimum atomic E-state index is -0.637. The number of hydrogen-bond acceptors (Lipinski definition) is 3. The van der Waals surface area contributed by atoms with Gasteiger partial charge in [0.05, 0.1) is 18.8 Å². The Morgan fingerprint density at radius 1 is 1.42 bits per heavy atom. The summed E-state index contributed by atoms with van der Waals surface area (Å²) in [6.07, 6.45) is 0.157. The van der Waals surface area contributed by atoms with Crippen molar-refractivity contribution in [3.63, 3.8) is 0 Å². The van der Waals surface area contributed by atoms with E-state index in [1.165, 1.54) is 7.11 Å². The van der Waals surface area contributed by atoms with Gasteiger partial charge in [0.25, 0.3) is 0 Å². The van der Waals surface area contributed by atoms with Gasteiger partial charge in [0.2, 0.25) is 0 Å². The van der Waals surface area contributed by atoms with Crippen LogP contribution in [-0.4, -0.2) is 18.2 Å². The zero-order chi connectivity index (χ0) is 14.6. The molecule has 0 saturated carbocycles. The van der Waals surface area contributed by atoms with E-state index in [0.717, 1.165) is 17.6 Å². The van der Waals surface area contributed by atoms with Gasteiger partial charge in [-0.2, -0.15) is 0 Å². The number of esters is 1. The van der Waals surface area contributed by atoms with Crippen LogP contribution in [0.4, 0.5) is 0 Å². The fraction of sp³-hybridized carbons (Fsp3) is 0.438. The maximum absolute atomic E-state index is 11.4. The Bertz CT molecular complexity index is 461. The highest BCUT2D eigenvalue weighted by Gasteiger charge is 2.33. The maximum atomic E-state index is 11.4. The molecule has 2 atom stereocenters. The molecule has 3 nitrogen and oxygen atoms in total. The number of hydrogen-bond donors (Lipinski definition) is 1. The quantitative estimate of drug-likeness (QED) is 0.652. The van der Waals surface area contributed by atoms with Crippen molar-refractivity contribution in [3.05, 3.63) is 47.5 Å². The summed E-state index contributed by atoms with van der Waals surface area (Å²) >= 11 is 0. The smallest absolute Gasteiger partial charge is 0.337 e. The number of aliphatic hydroxyl groups excluding tert-OH is 1. The van der Waals surface area contributed by atoms with Crippen LogP contribution in [0, 0.1) is 5.41 Å². The summed E-state index contributed by atoms with van der Waals surface area (Å²) in [5.41, 5.74) is 1.83. The van der Waals surface area contributed by atoms with Crippen LogP contribution in [0.1, 0.15) is 49.2 Å². The Labute approximate surface area is 114 Å². The molecular formula is C16H22O3. The summed E-state index contributed by atoms with van der Waals surface area (Å²) in [7, 11) is 1.35. The Kier molecular flexibility index (Phi) is 4.90. The van der Waals surface area contributed by atoms with Gasteiger partial charge in [-0.05, 0) is 31.0 Å². The van der Waals surface area contributed by atoms with Crippen molar-refractivity contribution in [1.82, 2.24) is 0 Å². The van der Waals surface area contributed by atoms with Crippen molar-refractivity contribution >= 4 is 5.97 Å². The van der Waals surface area contributed by atoms with E-state index in [4.69, 9.17) is 0 Å². The topological polar surface area (TPSA) is 46.5 Å². The monoisotopic (exact) mass is 262 g/mol. The Hall–Kier alpha value is -1.61. The van der Waals surface area contributed by atoms with Gasteiger partial charge < -0.3 is 9.84 Å². The molecule has 0 saturated heterocycles. The van der Waals surface area contributed by atoms with Crippen molar-refractivity contribution < 1.29 is 14.6 Å². The molecule has 0 aromatic heterocycles. The third kappa shape index (κ3) is 3.04. The molecule has 0 radical (unpaired) electrons. The van der Waals surface area contributed by atoms with E-state index in [0.29, 0.717) is 5.56 Å². The first kappa shape index (κ1) is 15.4. The summed E-state index contributed by atoms with van der Waals surface area (Å²) < 4.78 is 4.65. The van der Waals surface area contributed by atoms with Crippen LogP contribution in [0.3, 0.4) is 0 Å². The molecule has 3 heteroatoms. The summed E-state index contributed by atoms with van der Waals surface area (Å²) in [5.74, 6) is -0.376. The van der Waals surface area contributed by atoms with Crippen LogP contribution in [0.15, 0.2) is 36.4 Å². The third-order valence-electron chi connectivity index (χ3n) is 3.96. The van der Waals surface area contributed by atoms with Crippen molar-refractivity contribution in [2.24, 2.45) is 5.41 Å². The highest BCUT2D eigenvalue weighted by Crippen LogP contribution is 2.42. The van der Waals surface area contributed by atoms with Crippen LogP contribution >= 0.6 is 0 Å². The Morgan fingerprint density at radius 2 is 1.95 bits per heavy atom. The van der Waals surface area contributed by atoms with Gasteiger partial charge in [0, 0.05) is 5.41 Å². The van der Waals surface area contributed by atoms with Gasteiger partial charge in [0.1, 0.15) is 0 Å². The predicted octanol–water partition coefficient (Wildman–Crippen LogP) is 3.50. The summed E-state index contributed by atoms with van der Waals surface area (Å²) in [6.45, 7) is 9.92. The fourth-order valence-corrected chi connectivity index (χ4v) is 2.02. The average Bonchev–Trinajstić information content (AvgIpc) is 2.44. The van der Waals surface area contributed by atoms with Crippen molar-refractivity contribution in [3.8, 4) is 0 Å². The number of aliphatic hydroxyl groups is 1. The summed E-state index contributed by atoms with van der Waals surface area (Å²) in [6, 6.07) is 6.85. The number of rotatable bonds is 5. The zero-order valence-corrected chi connectivity index (χ0v) is 12.1. The molecule has 0 aliphatic carbocycles. The van der Waals surface area contributed by atoms with Crippen LogP contribution in [0.2, 0.25) is 0 Å². The van der Waals surface area contributed by atoms with E-state index in [-0.39, 0.29) is 11.4 Å². The molecule has 0 bridgehead atoms. The Morgan fingerprint density at radius 3 is 2.32 bits per heavy atom. The molecule has 0 aliphatic rings. The van der Waals surface area contributed by atoms with Crippen LogP contribution in [0.25, 0.3) is 0 Å². The van der Waals surface area contributed by atoms with Crippen LogP contribution in [0.5, 0.6) is 0 Å². The predicted molar refractivity (Wildman–Crippen MR) is 76.0 cm³/mol. The zero-order valence-electron chi connectivity index (χ0n) is 12.1. The number of carbonyl (C=O) groups is 1. The highest BCUT2D eigenvalue weighted by molar-refractivity contribution is 5.89. The molecule has 0 amide bonds. The average molecular weight is 262 g/mol. The van der Waals surface area contributed by atoms with Crippen molar-refractivity contribution in [2.45, 2.75) is 33.3 Å². The molecule has 1 N–H and O–H groups in total.